The van der Waals surface area contributed by atoms with Crippen molar-refractivity contribution in [3.63, 3.8) is 0 Å². The lowest BCUT2D eigenvalue weighted by molar-refractivity contribution is -0.140. The number of Topliss-reactive ketones (excluding diaryl/α,β-unsaturated/α-hetero) is 4. The number of hydrogen-bond donors (Lipinski definition) is 1. The van der Waals surface area contributed by atoms with Gasteiger partial charge < -0.3 is 5.32 Å². The minimum absolute atomic E-state index is 0.420. The molecule has 0 saturated carbocycles. The van der Waals surface area contributed by atoms with Crippen molar-refractivity contribution in [1.82, 2.24) is 0 Å². The second kappa shape index (κ2) is 7.97. The van der Waals surface area contributed by atoms with Crippen LogP contribution in [0, 0.1) is 5.92 Å². The highest BCUT2D eigenvalue weighted by atomic mass is 16.2. The Morgan fingerprint density at radius 3 is 1.73 bits per heavy atom. The maximum atomic E-state index is 12.2. The van der Waals surface area contributed by atoms with E-state index in [-0.39, 0.29) is 0 Å². The fourth-order valence-electron chi connectivity index (χ4n) is 1.90. The quantitative estimate of drug-likeness (QED) is 0.731. The van der Waals surface area contributed by atoms with Gasteiger partial charge in [-0.2, -0.15) is 0 Å². The molecule has 116 valence electrons. The normalized spacial score (nSPS) is 10.1. The summed E-state index contributed by atoms with van der Waals surface area (Å²) in [7, 11) is 0. The number of anilines is 1. The number of amides is 1. The average molecular weight is 303 g/mol. The molecule has 22 heavy (non-hydrogen) atoms. The zero-order valence-electron chi connectivity index (χ0n) is 12.4. The SMILES string of the molecule is CC(=O)CC(=O)C(C(=O)CC(C)=O)C(=O)Nc1ccccc1. The predicted molar refractivity (Wildman–Crippen MR) is 79.2 cm³/mol. The van der Waals surface area contributed by atoms with E-state index in [9.17, 15) is 24.0 Å². The summed E-state index contributed by atoms with van der Waals surface area (Å²) < 4.78 is 0. The Morgan fingerprint density at radius 1 is 0.864 bits per heavy atom. The zero-order chi connectivity index (χ0) is 16.7. The minimum atomic E-state index is -1.65. The third-order valence-corrected chi connectivity index (χ3v) is 2.79. The van der Waals surface area contributed by atoms with Crippen LogP contribution in [0.25, 0.3) is 0 Å². The highest BCUT2D eigenvalue weighted by Gasteiger charge is 2.34. The van der Waals surface area contributed by atoms with Crippen molar-refractivity contribution in [1.29, 1.82) is 0 Å². The molecule has 0 aliphatic heterocycles. The number of benzene rings is 1. The van der Waals surface area contributed by atoms with Crippen molar-refractivity contribution in [2.75, 3.05) is 5.32 Å². The summed E-state index contributed by atoms with van der Waals surface area (Å²) in [5.41, 5.74) is 0.420. The van der Waals surface area contributed by atoms with Gasteiger partial charge in [0.15, 0.2) is 17.5 Å². The number of carbonyl (C=O) groups excluding carboxylic acids is 5. The topological polar surface area (TPSA) is 97.4 Å². The van der Waals surface area contributed by atoms with Gasteiger partial charge in [-0.15, -0.1) is 0 Å². The Balaban J connectivity index is 2.95. The van der Waals surface area contributed by atoms with Crippen molar-refractivity contribution in [2.45, 2.75) is 26.7 Å². The molecule has 0 bridgehead atoms. The smallest absolute Gasteiger partial charge is 0.242 e. The molecular weight excluding hydrogens is 286 g/mol. The second-order valence-electron chi connectivity index (χ2n) is 4.98. The number of hydrogen-bond acceptors (Lipinski definition) is 5. The molecule has 6 heteroatoms. The molecule has 1 amide bonds. The van der Waals surface area contributed by atoms with Gasteiger partial charge in [0.1, 0.15) is 11.6 Å². The Morgan fingerprint density at radius 2 is 1.32 bits per heavy atom. The van der Waals surface area contributed by atoms with Crippen molar-refractivity contribution in [3.05, 3.63) is 30.3 Å². The molecule has 0 unspecified atom stereocenters. The van der Waals surface area contributed by atoms with Gasteiger partial charge >= 0.3 is 0 Å². The molecule has 0 aromatic heterocycles. The summed E-state index contributed by atoms with van der Waals surface area (Å²) in [6, 6.07) is 8.30. The van der Waals surface area contributed by atoms with Crippen molar-refractivity contribution >= 4 is 34.7 Å². The summed E-state index contributed by atoms with van der Waals surface area (Å²) in [5.74, 6) is -4.97. The van der Waals surface area contributed by atoms with Crippen LogP contribution in [-0.2, 0) is 24.0 Å². The zero-order valence-corrected chi connectivity index (χ0v) is 12.4. The first-order chi connectivity index (χ1) is 10.3. The lowest BCUT2D eigenvalue weighted by atomic mass is 9.92. The van der Waals surface area contributed by atoms with Gasteiger partial charge in [-0.05, 0) is 26.0 Å². The largest absolute Gasteiger partial charge is 0.325 e. The molecule has 0 aliphatic carbocycles. The fourth-order valence-corrected chi connectivity index (χ4v) is 1.90. The van der Waals surface area contributed by atoms with E-state index in [4.69, 9.17) is 0 Å². The second-order valence-corrected chi connectivity index (χ2v) is 4.98. The number of carbonyl (C=O) groups is 5. The molecule has 0 fully saturated rings. The highest BCUT2D eigenvalue weighted by Crippen LogP contribution is 2.13. The van der Waals surface area contributed by atoms with E-state index in [2.05, 4.69) is 5.32 Å². The Bertz CT molecular complexity index is 578. The lowest BCUT2D eigenvalue weighted by Crippen LogP contribution is -2.37. The van der Waals surface area contributed by atoms with E-state index in [0.29, 0.717) is 5.69 Å². The van der Waals surface area contributed by atoms with Crippen LogP contribution in [-0.4, -0.2) is 29.0 Å². The molecule has 0 aliphatic rings. The number of para-hydroxylation sites is 1. The molecule has 0 heterocycles. The minimum Gasteiger partial charge on any atom is -0.325 e. The molecule has 6 nitrogen and oxygen atoms in total. The summed E-state index contributed by atoms with van der Waals surface area (Å²) in [6.45, 7) is 2.39. The van der Waals surface area contributed by atoms with Gasteiger partial charge in [-0.1, -0.05) is 18.2 Å². The standard InChI is InChI=1S/C16H17NO5/c1-10(18)8-13(20)15(14(21)9-11(2)19)16(22)17-12-6-4-3-5-7-12/h3-7,15H,8-9H2,1-2H3,(H,17,22). The first kappa shape index (κ1) is 17.4. The summed E-state index contributed by atoms with van der Waals surface area (Å²) >= 11 is 0. The molecule has 1 rings (SSSR count). The van der Waals surface area contributed by atoms with Gasteiger partial charge in [0.2, 0.25) is 5.91 Å². The molecule has 0 saturated heterocycles. The Kier molecular flexibility index (Phi) is 6.31. The van der Waals surface area contributed by atoms with Crippen LogP contribution in [0.2, 0.25) is 0 Å². The fraction of sp³-hybridized carbons (Fsp3) is 0.312. The number of ketones is 4. The summed E-state index contributed by atoms with van der Waals surface area (Å²) in [6.07, 6.45) is -1.03. The van der Waals surface area contributed by atoms with E-state index in [1.54, 1.807) is 30.3 Å². The van der Waals surface area contributed by atoms with Crippen molar-refractivity contribution in [3.8, 4) is 0 Å². The third-order valence-electron chi connectivity index (χ3n) is 2.79. The predicted octanol–water partition coefficient (Wildman–Crippen LogP) is 1.34. The van der Waals surface area contributed by atoms with E-state index in [1.165, 1.54) is 13.8 Å². The van der Waals surface area contributed by atoms with Gasteiger partial charge in [-0.25, -0.2) is 0 Å². The number of nitrogens with one attached hydrogen (secondary N) is 1. The molecule has 1 N–H and O–H groups in total. The van der Waals surface area contributed by atoms with Crippen LogP contribution in [0.3, 0.4) is 0 Å². The molecule has 1 aromatic rings. The van der Waals surface area contributed by atoms with Crippen molar-refractivity contribution in [2.24, 2.45) is 5.92 Å². The number of rotatable bonds is 8. The highest BCUT2D eigenvalue weighted by molar-refractivity contribution is 6.26. The van der Waals surface area contributed by atoms with Gasteiger partial charge in [0, 0.05) is 5.69 Å². The molecule has 0 spiro atoms. The van der Waals surface area contributed by atoms with Gasteiger partial charge in [0.05, 0.1) is 12.8 Å². The summed E-state index contributed by atoms with van der Waals surface area (Å²) in [5, 5.41) is 2.45. The van der Waals surface area contributed by atoms with E-state index < -0.39 is 47.8 Å². The average Bonchev–Trinajstić information content (AvgIpc) is 2.37. The van der Waals surface area contributed by atoms with Crippen LogP contribution >= 0.6 is 0 Å². The third kappa shape index (κ3) is 5.40. The van der Waals surface area contributed by atoms with Gasteiger partial charge in [0.25, 0.3) is 0 Å². The Hall–Kier alpha value is -2.63. The maximum absolute atomic E-state index is 12.2. The first-order valence-electron chi connectivity index (χ1n) is 6.71. The van der Waals surface area contributed by atoms with Gasteiger partial charge in [-0.3, -0.25) is 24.0 Å². The molecular formula is C16H17NO5. The van der Waals surface area contributed by atoms with Crippen LogP contribution in [0.5, 0.6) is 0 Å². The van der Waals surface area contributed by atoms with Crippen LogP contribution in [0.1, 0.15) is 26.7 Å². The first-order valence-corrected chi connectivity index (χ1v) is 6.71. The van der Waals surface area contributed by atoms with E-state index in [1.807, 2.05) is 0 Å². The monoisotopic (exact) mass is 303 g/mol. The maximum Gasteiger partial charge on any atom is 0.242 e. The molecule has 1 aromatic carbocycles. The molecule has 0 radical (unpaired) electrons. The Labute approximate surface area is 127 Å². The van der Waals surface area contributed by atoms with Crippen LogP contribution in [0.15, 0.2) is 30.3 Å². The lowest BCUT2D eigenvalue weighted by Gasteiger charge is -2.14. The van der Waals surface area contributed by atoms with E-state index in [0.717, 1.165) is 0 Å². The molecule has 0 atom stereocenters. The van der Waals surface area contributed by atoms with Crippen LogP contribution in [0.4, 0.5) is 5.69 Å². The van der Waals surface area contributed by atoms with Crippen LogP contribution < -0.4 is 5.32 Å². The van der Waals surface area contributed by atoms with E-state index >= 15 is 0 Å². The van der Waals surface area contributed by atoms with Crippen molar-refractivity contribution < 1.29 is 24.0 Å². The summed E-state index contributed by atoms with van der Waals surface area (Å²) in [4.78, 5) is 58.3.